The molecule has 0 aliphatic rings. The molecular weight excluding hydrogens is 313 g/mol. The van der Waals surface area contributed by atoms with Gasteiger partial charge in [-0.25, -0.2) is 9.07 Å². The average molecular weight is 335 g/mol. The predicted molar refractivity (Wildman–Crippen MR) is 87.5 cm³/mol. The van der Waals surface area contributed by atoms with Crippen LogP contribution in [-0.2, 0) is 4.74 Å². The molecule has 0 saturated heterocycles. The molecule has 130 valence electrons. The van der Waals surface area contributed by atoms with Crippen LogP contribution in [0.2, 0.25) is 0 Å². The maximum atomic E-state index is 14.1. The molecule has 0 radical (unpaired) electrons. The maximum absolute atomic E-state index is 14.1. The Labute approximate surface area is 140 Å². The molecular formula is C17H22FN3O3. The van der Waals surface area contributed by atoms with Gasteiger partial charge in [0.05, 0.1) is 12.7 Å². The number of nitrogens with one attached hydrogen (secondary N) is 1. The number of carbonyl (C=O) groups excluding carboxylic acids is 1. The number of aliphatic hydroxyl groups excluding tert-OH is 1. The largest absolute Gasteiger partial charge is 0.389 e. The quantitative estimate of drug-likeness (QED) is 0.771. The Hall–Kier alpha value is -2.25. The van der Waals surface area contributed by atoms with Crippen LogP contribution in [0.25, 0.3) is 5.69 Å². The fraction of sp³-hybridized carbons (Fsp3) is 0.412. The Kier molecular flexibility index (Phi) is 6.45. The molecule has 0 spiro atoms. The van der Waals surface area contributed by atoms with E-state index in [2.05, 4.69) is 10.4 Å². The van der Waals surface area contributed by atoms with Gasteiger partial charge in [-0.15, -0.1) is 0 Å². The topological polar surface area (TPSA) is 76.4 Å². The summed E-state index contributed by atoms with van der Waals surface area (Å²) in [5, 5.41) is 16.3. The lowest BCUT2D eigenvalue weighted by atomic mass is 10.2. The van der Waals surface area contributed by atoms with Crippen molar-refractivity contribution in [2.24, 2.45) is 5.92 Å². The molecule has 0 aliphatic carbocycles. The van der Waals surface area contributed by atoms with E-state index < -0.39 is 17.8 Å². The summed E-state index contributed by atoms with van der Waals surface area (Å²) >= 11 is 0. The van der Waals surface area contributed by atoms with E-state index in [1.807, 2.05) is 13.8 Å². The van der Waals surface area contributed by atoms with Crippen LogP contribution in [0, 0.1) is 11.7 Å². The summed E-state index contributed by atoms with van der Waals surface area (Å²) in [5.41, 5.74) is 0.442. The zero-order chi connectivity index (χ0) is 17.5. The zero-order valence-electron chi connectivity index (χ0n) is 13.8. The minimum Gasteiger partial charge on any atom is -0.389 e. The molecule has 1 aromatic carbocycles. The van der Waals surface area contributed by atoms with Crippen molar-refractivity contribution < 1.29 is 19.0 Å². The van der Waals surface area contributed by atoms with Crippen LogP contribution in [0.15, 0.2) is 36.7 Å². The molecule has 0 bridgehead atoms. The van der Waals surface area contributed by atoms with Gasteiger partial charge in [0.25, 0.3) is 5.91 Å². The summed E-state index contributed by atoms with van der Waals surface area (Å²) in [5.74, 6) is -0.626. The Morgan fingerprint density at radius 3 is 2.83 bits per heavy atom. The summed E-state index contributed by atoms with van der Waals surface area (Å²) < 4.78 is 20.8. The summed E-state index contributed by atoms with van der Waals surface area (Å²) in [7, 11) is 0. The number of halogens is 1. The molecule has 1 amide bonds. The standard InChI is InChI=1S/C17H22FN3O3/c1-12(2)10-24-11-14(22)9-19-17(23)13-4-5-16(15(18)8-13)21-7-3-6-20-21/h3-8,12,14,22H,9-11H2,1-2H3,(H,19,23). The highest BCUT2D eigenvalue weighted by atomic mass is 19.1. The fourth-order valence-corrected chi connectivity index (χ4v) is 2.06. The predicted octanol–water partition coefficient (Wildman–Crippen LogP) is 1.77. The molecule has 1 unspecified atom stereocenters. The highest BCUT2D eigenvalue weighted by Crippen LogP contribution is 2.14. The zero-order valence-corrected chi connectivity index (χ0v) is 13.8. The first kappa shape index (κ1) is 18.1. The SMILES string of the molecule is CC(C)COCC(O)CNC(=O)c1ccc(-n2cccn2)c(F)c1. The van der Waals surface area contributed by atoms with Crippen LogP contribution in [0.3, 0.4) is 0 Å². The van der Waals surface area contributed by atoms with Crippen molar-refractivity contribution in [3.63, 3.8) is 0 Å². The van der Waals surface area contributed by atoms with E-state index in [0.29, 0.717) is 12.5 Å². The number of nitrogens with zero attached hydrogens (tertiary/aromatic N) is 2. The van der Waals surface area contributed by atoms with Gasteiger partial charge in [0.15, 0.2) is 0 Å². The normalized spacial score (nSPS) is 12.4. The first-order valence-corrected chi connectivity index (χ1v) is 7.81. The van der Waals surface area contributed by atoms with Gasteiger partial charge in [-0.2, -0.15) is 5.10 Å². The second-order valence-corrected chi connectivity index (χ2v) is 5.91. The van der Waals surface area contributed by atoms with Crippen molar-refractivity contribution in [3.8, 4) is 5.69 Å². The van der Waals surface area contributed by atoms with Crippen molar-refractivity contribution in [2.45, 2.75) is 20.0 Å². The number of rotatable bonds is 8. The van der Waals surface area contributed by atoms with Crippen LogP contribution in [-0.4, -0.2) is 46.7 Å². The number of carbonyl (C=O) groups is 1. The van der Waals surface area contributed by atoms with Crippen molar-refractivity contribution >= 4 is 5.91 Å². The molecule has 6 nitrogen and oxygen atoms in total. The number of aliphatic hydroxyl groups is 1. The van der Waals surface area contributed by atoms with E-state index in [9.17, 15) is 14.3 Å². The third kappa shape index (κ3) is 5.14. The Bertz CT molecular complexity index is 659. The van der Waals surface area contributed by atoms with Crippen molar-refractivity contribution in [3.05, 3.63) is 48.0 Å². The Morgan fingerprint density at radius 2 is 2.21 bits per heavy atom. The molecule has 2 rings (SSSR count). The summed E-state index contributed by atoms with van der Waals surface area (Å²) in [6.45, 7) is 4.75. The maximum Gasteiger partial charge on any atom is 0.251 e. The van der Waals surface area contributed by atoms with E-state index in [-0.39, 0.29) is 24.4 Å². The van der Waals surface area contributed by atoms with Gasteiger partial charge in [-0.1, -0.05) is 13.8 Å². The second kappa shape index (κ2) is 8.56. The van der Waals surface area contributed by atoms with Gasteiger partial charge in [0, 0.05) is 31.1 Å². The van der Waals surface area contributed by atoms with Gasteiger partial charge in [-0.05, 0) is 30.2 Å². The van der Waals surface area contributed by atoms with Gasteiger partial charge in [0.1, 0.15) is 11.5 Å². The summed E-state index contributed by atoms with van der Waals surface area (Å²) in [4.78, 5) is 12.0. The second-order valence-electron chi connectivity index (χ2n) is 5.91. The van der Waals surface area contributed by atoms with Crippen LogP contribution in [0.1, 0.15) is 24.2 Å². The van der Waals surface area contributed by atoms with Crippen molar-refractivity contribution in [1.29, 1.82) is 0 Å². The van der Waals surface area contributed by atoms with E-state index in [1.165, 1.54) is 16.8 Å². The van der Waals surface area contributed by atoms with E-state index in [4.69, 9.17) is 4.74 Å². The number of hydrogen-bond acceptors (Lipinski definition) is 4. The highest BCUT2D eigenvalue weighted by Gasteiger charge is 2.13. The van der Waals surface area contributed by atoms with Gasteiger partial charge in [0.2, 0.25) is 0 Å². The van der Waals surface area contributed by atoms with Gasteiger partial charge >= 0.3 is 0 Å². The number of amides is 1. The monoisotopic (exact) mass is 335 g/mol. The number of benzene rings is 1. The third-order valence-electron chi connectivity index (χ3n) is 3.22. The number of ether oxygens (including phenoxy) is 1. The van der Waals surface area contributed by atoms with Crippen LogP contribution in [0.5, 0.6) is 0 Å². The van der Waals surface area contributed by atoms with Crippen LogP contribution in [0.4, 0.5) is 4.39 Å². The van der Waals surface area contributed by atoms with Gasteiger partial charge < -0.3 is 15.2 Å². The highest BCUT2D eigenvalue weighted by molar-refractivity contribution is 5.94. The molecule has 2 N–H and O–H groups in total. The van der Waals surface area contributed by atoms with Crippen molar-refractivity contribution in [1.82, 2.24) is 15.1 Å². The summed E-state index contributed by atoms with van der Waals surface area (Å²) in [6.07, 6.45) is 2.36. The van der Waals surface area contributed by atoms with Gasteiger partial charge in [-0.3, -0.25) is 4.79 Å². The molecule has 0 fully saturated rings. The lowest BCUT2D eigenvalue weighted by Gasteiger charge is -2.14. The minimum absolute atomic E-state index is 0.0411. The molecule has 1 heterocycles. The lowest BCUT2D eigenvalue weighted by molar-refractivity contribution is 0.0259. The minimum atomic E-state index is -0.805. The number of hydrogen-bond donors (Lipinski definition) is 2. The smallest absolute Gasteiger partial charge is 0.251 e. The molecule has 2 aromatic rings. The van der Waals surface area contributed by atoms with E-state index in [0.717, 1.165) is 6.07 Å². The molecule has 1 atom stereocenters. The van der Waals surface area contributed by atoms with E-state index in [1.54, 1.807) is 18.5 Å². The Balaban J connectivity index is 1.87. The first-order chi connectivity index (χ1) is 11.5. The molecule has 24 heavy (non-hydrogen) atoms. The molecule has 0 saturated carbocycles. The van der Waals surface area contributed by atoms with Crippen molar-refractivity contribution in [2.75, 3.05) is 19.8 Å². The first-order valence-electron chi connectivity index (χ1n) is 7.81. The fourth-order valence-electron chi connectivity index (χ4n) is 2.06. The third-order valence-corrected chi connectivity index (χ3v) is 3.22. The number of aromatic nitrogens is 2. The average Bonchev–Trinajstić information content (AvgIpc) is 3.06. The Morgan fingerprint density at radius 1 is 1.42 bits per heavy atom. The summed E-state index contributed by atoms with van der Waals surface area (Å²) in [6, 6.07) is 5.83. The molecule has 7 heteroatoms. The molecule has 1 aromatic heterocycles. The molecule has 0 aliphatic heterocycles. The van der Waals surface area contributed by atoms with E-state index >= 15 is 0 Å². The lowest BCUT2D eigenvalue weighted by Crippen LogP contribution is -2.34. The van der Waals surface area contributed by atoms with Crippen LogP contribution >= 0.6 is 0 Å². The van der Waals surface area contributed by atoms with Crippen LogP contribution < -0.4 is 5.32 Å².